The van der Waals surface area contributed by atoms with Crippen LogP contribution in [0.5, 0.6) is 0 Å². The highest BCUT2D eigenvalue weighted by molar-refractivity contribution is 7.89. The Morgan fingerprint density at radius 3 is 2.82 bits per heavy atom. The van der Waals surface area contributed by atoms with Crippen molar-refractivity contribution in [2.75, 3.05) is 18.8 Å². The van der Waals surface area contributed by atoms with Gasteiger partial charge in [0.15, 0.2) is 0 Å². The molecule has 0 spiro atoms. The summed E-state index contributed by atoms with van der Waals surface area (Å²) >= 11 is 1.41. The lowest BCUT2D eigenvalue weighted by Gasteiger charge is -2.05. The van der Waals surface area contributed by atoms with Gasteiger partial charge in [0.25, 0.3) is 0 Å². The first-order valence-corrected chi connectivity index (χ1v) is 7.71. The summed E-state index contributed by atoms with van der Waals surface area (Å²) in [5, 5.41) is 11.7. The van der Waals surface area contributed by atoms with Gasteiger partial charge in [-0.15, -0.1) is 11.3 Å². The topological polar surface area (TPSA) is 82.0 Å². The van der Waals surface area contributed by atoms with E-state index in [9.17, 15) is 8.42 Å². The fourth-order valence-corrected chi connectivity index (χ4v) is 3.01. The summed E-state index contributed by atoms with van der Waals surface area (Å²) in [5.41, 5.74) is 0. The summed E-state index contributed by atoms with van der Waals surface area (Å²) in [6.45, 7) is 3.15. The van der Waals surface area contributed by atoms with Gasteiger partial charge in [-0.05, 0) is 12.1 Å². The van der Waals surface area contributed by atoms with Crippen LogP contribution < -0.4 is 10.0 Å². The van der Waals surface area contributed by atoms with Crippen LogP contribution in [0.25, 0.3) is 0 Å². The van der Waals surface area contributed by atoms with Gasteiger partial charge < -0.3 is 5.32 Å². The number of nitrogens with zero attached hydrogens (tertiary/aromatic N) is 1. The summed E-state index contributed by atoms with van der Waals surface area (Å²) < 4.78 is 25.0. The van der Waals surface area contributed by atoms with E-state index in [2.05, 4.69) is 16.1 Å². The lowest BCUT2D eigenvalue weighted by molar-refractivity contribution is 0.579. The molecule has 1 rings (SSSR count). The van der Waals surface area contributed by atoms with Crippen LogP contribution in [0.4, 0.5) is 0 Å². The van der Waals surface area contributed by atoms with E-state index in [0.717, 1.165) is 4.88 Å². The lowest BCUT2D eigenvalue weighted by Crippen LogP contribution is -2.31. The molecule has 94 valence electrons. The van der Waals surface area contributed by atoms with Crippen molar-refractivity contribution < 1.29 is 8.42 Å². The van der Waals surface area contributed by atoms with Crippen LogP contribution in [0.1, 0.15) is 16.7 Å². The molecule has 17 heavy (non-hydrogen) atoms. The van der Waals surface area contributed by atoms with Crippen molar-refractivity contribution in [1.29, 1.82) is 5.26 Å². The molecule has 0 aliphatic rings. The molecule has 0 saturated heterocycles. The molecule has 0 saturated carbocycles. The number of hydrogen-bond donors (Lipinski definition) is 2. The van der Waals surface area contributed by atoms with Crippen LogP contribution in [0.2, 0.25) is 0 Å². The van der Waals surface area contributed by atoms with Crippen molar-refractivity contribution in [2.24, 2.45) is 0 Å². The fourth-order valence-electron chi connectivity index (χ4n) is 1.24. The van der Waals surface area contributed by atoms with Gasteiger partial charge in [0.2, 0.25) is 10.0 Å². The molecule has 5 nitrogen and oxygen atoms in total. The van der Waals surface area contributed by atoms with Gasteiger partial charge in [-0.3, -0.25) is 0 Å². The standard InChI is InChI=1S/C10H15N3O2S2/c1-2-13-17(14,15)6-5-12-8-10-4-3-9(7-11)16-10/h3-4,12-13H,2,5-6,8H2,1H3. The lowest BCUT2D eigenvalue weighted by atomic mass is 10.4. The highest BCUT2D eigenvalue weighted by Gasteiger charge is 2.07. The van der Waals surface area contributed by atoms with E-state index < -0.39 is 10.0 Å². The Bertz CT molecular complexity index is 488. The van der Waals surface area contributed by atoms with E-state index in [-0.39, 0.29) is 5.75 Å². The smallest absolute Gasteiger partial charge is 0.212 e. The summed E-state index contributed by atoms with van der Waals surface area (Å²) in [5.74, 6) is 0.0668. The van der Waals surface area contributed by atoms with E-state index in [4.69, 9.17) is 5.26 Å². The van der Waals surface area contributed by atoms with Crippen molar-refractivity contribution >= 4 is 21.4 Å². The molecule has 0 amide bonds. The maximum atomic E-state index is 11.3. The van der Waals surface area contributed by atoms with Gasteiger partial charge in [0.1, 0.15) is 10.9 Å². The maximum Gasteiger partial charge on any atom is 0.212 e. The normalized spacial score (nSPS) is 11.3. The molecule has 0 fully saturated rings. The van der Waals surface area contributed by atoms with Gasteiger partial charge >= 0.3 is 0 Å². The first-order chi connectivity index (χ1) is 8.07. The number of sulfonamides is 1. The average Bonchev–Trinajstić information content (AvgIpc) is 2.72. The Labute approximate surface area is 106 Å². The predicted molar refractivity (Wildman–Crippen MR) is 68.2 cm³/mol. The third kappa shape index (κ3) is 5.28. The summed E-state index contributed by atoms with van der Waals surface area (Å²) in [6.07, 6.45) is 0. The van der Waals surface area contributed by atoms with Crippen molar-refractivity contribution in [3.8, 4) is 6.07 Å². The first-order valence-electron chi connectivity index (χ1n) is 5.24. The summed E-state index contributed by atoms with van der Waals surface area (Å²) in [4.78, 5) is 1.70. The van der Waals surface area contributed by atoms with E-state index in [1.807, 2.05) is 6.07 Å². The molecular formula is C10H15N3O2S2. The molecule has 0 unspecified atom stereocenters. The highest BCUT2D eigenvalue weighted by atomic mass is 32.2. The minimum atomic E-state index is -3.15. The largest absolute Gasteiger partial charge is 0.311 e. The number of nitriles is 1. The minimum Gasteiger partial charge on any atom is -0.311 e. The van der Waals surface area contributed by atoms with Crippen LogP contribution in [-0.4, -0.2) is 27.3 Å². The second-order valence-electron chi connectivity index (χ2n) is 3.37. The van der Waals surface area contributed by atoms with Crippen LogP contribution in [-0.2, 0) is 16.6 Å². The Balaban J connectivity index is 2.27. The van der Waals surface area contributed by atoms with E-state index >= 15 is 0 Å². The molecule has 0 radical (unpaired) electrons. The van der Waals surface area contributed by atoms with Crippen LogP contribution in [0, 0.1) is 11.3 Å². The fraction of sp³-hybridized carbons (Fsp3) is 0.500. The molecule has 0 atom stereocenters. The summed E-state index contributed by atoms with van der Waals surface area (Å²) in [7, 11) is -3.15. The number of rotatable bonds is 7. The molecule has 7 heteroatoms. The quantitative estimate of drug-likeness (QED) is 0.715. The zero-order valence-electron chi connectivity index (χ0n) is 9.56. The molecule has 1 aromatic rings. The minimum absolute atomic E-state index is 0.0668. The van der Waals surface area contributed by atoms with Gasteiger partial charge in [0.05, 0.1) is 5.75 Å². The molecule has 1 aromatic heterocycles. The molecule has 1 heterocycles. The predicted octanol–water partition coefficient (Wildman–Crippen LogP) is 0.649. The zero-order valence-corrected chi connectivity index (χ0v) is 11.2. The average molecular weight is 273 g/mol. The van der Waals surface area contributed by atoms with Crippen LogP contribution >= 0.6 is 11.3 Å². The number of thiophene rings is 1. The summed E-state index contributed by atoms with van der Waals surface area (Å²) in [6, 6.07) is 5.69. The van der Waals surface area contributed by atoms with Gasteiger partial charge in [-0.25, -0.2) is 13.1 Å². The monoisotopic (exact) mass is 273 g/mol. The van der Waals surface area contributed by atoms with Crippen LogP contribution in [0.3, 0.4) is 0 Å². The van der Waals surface area contributed by atoms with Crippen molar-refractivity contribution in [3.05, 3.63) is 21.9 Å². The first kappa shape index (κ1) is 14.1. The third-order valence-electron chi connectivity index (χ3n) is 1.98. The van der Waals surface area contributed by atoms with Crippen molar-refractivity contribution in [3.63, 3.8) is 0 Å². The highest BCUT2D eigenvalue weighted by Crippen LogP contribution is 2.14. The molecule has 0 aliphatic carbocycles. The second kappa shape index (κ2) is 6.71. The Morgan fingerprint density at radius 2 is 2.24 bits per heavy atom. The van der Waals surface area contributed by atoms with E-state index in [0.29, 0.717) is 24.5 Å². The maximum absolute atomic E-state index is 11.3. The zero-order chi connectivity index (χ0) is 12.7. The Morgan fingerprint density at radius 1 is 1.47 bits per heavy atom. The number of hydrogen-bond acceptors (Lipinski definition) is 5. The molecule has 0 bridgehead atoms. The third-order valence-corrected chi connectivity index (χ3v) is 4.44. The Hall–Kier alpha value is -0.940. The second-order valence-corrected chi connectivity index (χ2v) is 6.47. The number of nitrogens with one attached hydrogen (secondary N) is 2. The van der Waals surface area contributed by atoms with E-state index in [1.54, 1.807) is 13.0 Å². The van der Waals surface area contributed by atoms with Gasteiger partial charge in [0, 0.05) is 24.5 Å². The van der Waals surface area contributed by atoms with Crippen molar-refractivity contribution in [1.82, 2.24) is 10.0 Å². The SMILES string of the molecule is CCNS(=O)(=O)CCNCc1ccc(C#N)s1. The van der Waals surface area contributed by atoms with E-state index in [1.165, 1.54) is 11.3 Å². The van der Waals surface area contributed by atoms with Crippen molar-refractivity contribution in [2.45, 2.75) is 13.5 Å². The van der Waals surface area contributed by atoms with Crippen LogP contribution in [0.15, 0.2) is 12.1 Å². The molecule has 0 aliphatic heterocycles. The molecule has 2 N–H and O–H groups in total. The molecular weight excluding hydrogens is 258 g/mol. The molecule has 0 aromatic carbocycles. The Kier molecular flexibility index (Phi) is 5.58. The van der Waals surface area contributed by atoms with Gasteiger partial charge in [-0.1, -0.05) is 6.92 Å². The van der Waals surface area contributed by atoms with Gasteiger partial charge in [-0.2, -0.15) is 5.26 Å².